The Balaban J connectivity index is 1.97. The zero-order valence-corrected chi connectivity index (χ0v) is 15.0. The Hall–Kier alpha value is -2.21. The highest BCUT2D eigenvalue weighted by Crippen LogP contribution is 2.36. The van der Waals surface area contributed by atoms with E-state index < -0.39 is 30.7 Å². The first kappa shape index (κ1) is 18.6. The number of hydrogen-bond donors (Lipinski definition) is 1. The monoisotopic (exact) mass is 406 g/mol. The average molecular weight is 406 g/mol. The molecule has 3 rings (SSSR count). The van der Waals surface area contributed by atoms with Crippen LogP contribution in [0.3, 0.4) is 0 Å². The largest absolute Gasteiger partial charge is 0.500 e. The van der Waals surface area contributed by atoms with Crippen LogP contribution >= 0.6 is 11.3 Å². The molecule has 0 fully saturated rings. The number of alkyl halides is 3. The van der Waals surface area contributed by atoms with E-state index in [0.717, 1.165) is 17.1 Å². The van der Waals surface area contributed by atoms with Crippen LogP contribution in [0.1, 0.15) is 18.1 Å². The minimum Gasteiger partial charge on any atom is -0.353 e. The molecule has 2 aromatic rings. The van der Waals surface area contributed by atoms with Gasteiger partial charge in [-0.05, 0) is 36.1 Å². The van der Waals surface area contributed by atoms with Gasteiger partial charge in [-0.3, -0.25) is 4.79 Å². The molecule has 0 saturated heterocycles. The van der Waals surface area contributed by atoms with Crippen LogP contribution in [0.25, 0.3) is 0 Å². The predicted molar refractivity (Wildman–Crippen MR) is 87.1 cm³/mol. The number of amides is 1. The van der Waals surface area contributed by atoms with Crippen LogP contribution in [-0.4, -0.2) is 36.9 Å². The molecule has 1 atom stereocenters. The van der Waals surface area contributed by atoms with Crippen molar-refractivity contribution in [3.8, 4) is 0 Å². The van der Waals surface area contributed by atoms with E-state index in [-0.39, 0.29) is 11.9 Å². The molecule has 26 heavy (non-hydrogen) atoms. The molecule has 0 spiro atoms. The van der Waals surface area contributed by atoms with E-state index in [1.165, 1.54) is 19.1 Å². The van der Waals surface area contributed by atoms with Gasteiger partial charge in [0.15, 0.2) is 0 Å². The van der Waals surface area contributed by atoms with Crippen molar-refractivity contribution >= 4 is 32.4 Å². The first-order chi connectivity index (χ1) is 12.1. The molecule has 7 nitrogen and oxygen atoms in total. The number of nitrogens with zero attached hydrogens (tertiary/aromatic N) is 3. The molecule has 1 aliphatic carbocycles. The van der Waals surface area contributed by atoms with Crippen LogP contribution in [0.5, 0.6) is 0 Å². The lowest BCUT2D eigenvalue weighted by atomic mass is 10.1. The Morgan fingerprint density at radius 2 is 2.00 bits per heavy atom. The third-order valence-electron chi connectivity index (χ3n) is 3.81. The van der Waals surface area contributed by atoms with Crippen molar-refractivity contribution in [3.05, 3.63) is 34.8 Å². The van der Waals surface area contributed by atoms with E-state index in [0.29, 0.717) is 29.7 Å². The molecule has 1 aromatic heterocycles. The molecular formula is C14H13F3N4O3S2. The van der Waals surface area contributed by atoms with Crippen LogP contribution in [0.2, 0.25) is 0 Å². The zero-order chi connectivity index (χ0) is 19.1. The van der Waals surface area contributed by atoms with Crippen molar-refractivity contribution in [2.75, 3.05) is 4.31 Å². The van der Waals surface area contributed by atoms with Crippen molar-refractivity contribution in [3.63, 3.8) is 0 Å². The molecular weight excluding hydrogens is 393 g/mol. The topological polar surface area (TPSA) is 92.3 Å². The maximum absolute atomic E-state index is 13.4. The van der Waals surface area contributed by atoms with Gasteiger partial charge in [0.05, 0.1) is 4.90 Å². The second-order valence-electron chi connectivity index (χ2n) is 5.69. The third kappa shape index (κ3) is 3.51. The van der Waals surface area contributed by atoms with E-state index in [9.17, 15) is 26.4 Å². The fraction of sp³-hybridized carbons (Fsp3) is 0.357. The number of halogens is 3. The highest BCUT2D eigenvalue weighted by atomic mass is 32.2. The summed E-state index contributed by atoms with van der Waals surface area (Å²) in [5.74, 6) is -0.227. The van der Waals surface area contributed by atoms with E-state index in [2.05, 4.69) is 15.5 Å². The van der Waals surface area contributed by atoms with Gasteiger partial charge in [-0.15, -0.1) is 27.7 Å². The number of aromatic nitrogens is 2. The molecule has 1 aromatic carbocycles. The van der Waals surface area contributed by atoms with E-state index in [1.807, 2.05) is 0 Å². The standard InChI is InChI=1S/C14H13F3N4O3S2/c1-8(22)19-11-4-9-2-3-12(6-10(9)5-11)26(23,24)21(14(15,16)17)13-20-18-7-25-13/h2-3,6-7,11H,4-5H2,1H3,(H,19,22). The molecule has 1 heterocycles. The van der Waals surface area contributed by atoms with Crippen LogP contribution in [-0.2, 0) is 27.7 Å². The zero-order valence-electron chi connectivity index (χ0n) is 13.3. The molecule has 12 heteroatoms. The lowest BCUT2D eigenvalue weighted by Crippen LogP contribution is -2.43. The number of carbonyl (C=O) groups excluding carboxylic acids is 1. The summed E-state index contributed by atoms with van der Waals surface area (Å²) in [5, 5.41) is 8.46. The number of sulfonamides is 1. The van der Waals surface area contributed by atoms with E-state index in [4.69, 9.17) is 0 Å². The number of nitrogens with one attached hydrogen (secondary N) is 1. The second-order valence-corrected chi connectivity index (χ2v) is 8.29. The fourth-order valence-electron chi connectivity index (χ4n) is 2.85. The van der Waals surface area contributed by atoms with Crippen molar-refractivity contribution in [1.29, 1.82) is 0 Å². The van der Waals surface area contributed by atoms with Gasteiger partial charge in [0, 0.05) is 13.0 Å². The number of hydrogen-bond acceptors (Lipinski definition) is 6. The highest BCUT2D eigenvalue weighted by molar-refractivity contribution is 7.93. The number of fused-ring (bicyclic) bond motifs is 1. The normalized spacial score (nSPS) is 17.0. The number of anilines is 1. The fourth-order valence-corrected chi connectivity index (χ4v) is 5.02. The predicted octanol–water partition coefficient (Wildman–Crippen LogP) is 1.86. The quantitative estimate of drug-likeness (QED) is 0.783. The van der Waals surface area contributed by atoms with E-state index >= 15 is 0 Å². The maximum atomic E-state index is 13.4. The Morgan fingerprint density at radius 3 is 2.58 bits per heavy atom. The second kappa shape index (κ2) is 6.50. The van der Waals surface area contributed by atoms with Gasteiger partial charge in [0.2, 0.25) is 11.0 Å². The minimum atomic E-state index is -5.18. The van der Waals surface area contributed by atoms with Crippen molar-refractivity contribution in [1.82, 2.24) is 15.5 Å². The summed E-state index contributed by atoms with van der Waals surface area (Å²) in [6.07, 6.45) is -4.34. The minimum absolute atomic E-state index is 0.206. The average Bonchev–Trinajstić information content (AvgIpc) is 3.12. The lowest BCUT2D eigenvalue weighted by molar-refractivity contribution is -0.119. The molecule has 1 N–H and O–H groups in total. The maximum Gasteiger partial charge on any atom is 0.500 e. The van der Waals surface area contributed by atoms with Gasteiger partial charge in [-0.25, -0.2) is 8.42 Å². The van der Waals surface area contributed by atoms with Crippen molar-refractivity contribution in [2.45, 2.75) is 37.0 Å². The first-order valence-electron chi connectivity index (χ1n) is 7.36. The van der Waals surface area contributed by atoms with Crippen LogP contribution in [0.15, 0.2) is 28.6 Å². The summed E-state index contributed by atoms with van der Waals surface area (Å²) in [6, 6.07) is 3.61. The Kier molecular flexibility index (Phi) is 4.65. The van der Waals surface area contributed by atoms with Crippen LogP contribution in [0, 0.1) is 0 Å². The van der Waals surface area contributed by atoms with Crippen molar-refractivity contribution < 1.29 is 26.4 Å². The molecule has 0 saturated carbocycles. The molecule has 1 unspecified atom stereocenters. The van der Waals surface area contributed by atoms with Gasteiger partial charge < -0.3 is 5.32 Å². The number of carbonyl (C=O) groups is 1. The summed E-state index contributed by atoms with van der Waals surface area (Å²) in [4.78, 5) is 10.7. The number of benzene rings is 1. The molecule has 0 aliphatic heterocycles. The molecule has 0 radical (unpaired) electrons. The highest BCUT2D eigenvalue weighted by Gasteiger charge is 2.48. The van der Waals surface area contributed by atoms with Crippen molar-refractivity contribution in [2.24, 2.45) is 0 Å². The Bertz CT molecular complexity index is 929. The molecule has 1 aliphatic rings. The third-order valence-corrected chi connectivity index (χ3v) is 6.31. The van der Waals surface area contributed by atoms with Gasteiger partial charge in [0.1, 0.15) is 5.51 Å². The molecule has 1 amide bonds. The SMILES string of the molecule is CC(=O)NC1Cc2ccc(S(=O)(=O)N(c3nncs3)C(F)(F)F)cc2C1. The Morgan fingerprint density at radius 1 is 1.31 bits per heavy atom. The molecule has 0 bridgehead atoms. The van der Waals surface area contributed by atoms with Gasteiger partial charge >= 0.3 is 6.30 Å². The molecule has 140 valence electrons. The van der Waals surface area contributed by atoms with Crippen LogP contribution < -0.4 is 9.62 Å². The summed E-state index contributed by atoms with van der Waals surface area (Å²) in [5.41, 5.74) is 2.39. The smallest absolute Gasteiger partial charge is 0.353 e. The first-order valence-corrected chi connectivity index (χ1v) is 9.68. The lowest BCUT2D eigenvalue weighted by Gasteiger charge is -2.23. The van der Waals surface area contributed by atoms with Gasteiger partial charge in [-0.2, -0.15) is 0 Å². The summed E-state index contributed by atoms with van der Waals surface area (Å²) < 4.78 is 64.7. The summed E-state index contributed by atoms with van der Waals surface area (Å²) >= 11 is 0.469. The Labute approximate surface area is 150 Å². The van der Waals surface area contributed by atoms with Gasteiger partial charge in [-0.1, -0.05) is 17.4 Å². The summed E-state index contributed by atoms with van der Waals surface area (Å²) in [6.45, 7) is 1.36. The van der Waals surface area contributed by atoms with Gasteiger partial charge in [0.25, 0.3) is 10.0 Å². The van der Waals surface area contributed by atoms with Crippen LogP contribution in [0.4, 0.5) is 18.3 Å². The summed E-state index contributed by atoms with van der Waals surface area (Å²) in [7, 11) is -4.91. The number of rotatable bonds is 4. The van der Waals surface area contributed by atoms with E-state index in [1.54, 1.807) is 0 Å².